The van der Waals surface area contributed by atoms with E-state index in [1.807, 2.05) is 12.1 Å². The van der Waals surface area contributed by atoms with E-state index in [2.05, 4.69) is 19.2 Å². The summed E-state index contributed by atoms with van der Waals surface area (Å²) in [6.45, 7) is 4.97. The Morgan fingerprint density at radius 1 is 1.61 bits per heavy atom. The number of halogens is 1. The van der Waals surface area contributed by atoms with E-state index in [1.54, 1.807) is 6.07 Å². The van der Waals surface area contributed by atoms with Gasteiger partial charge in [-0.1, -0.05) is 23.8 Å². The highest BCUT2D eigenvalue weighted by atomic mass is 35.5. The molecule has 1 aromatic rings. The van der Waals surface area contributed by atoms with Crippen LogP contribution in [0.4, 0.5) is 5.69 Å². The summed E-state index contributed by atoms with van der Waals surface area (Å²) >= 11 is 11.0. The number of benzene rings is 1. The Bertz CT molecular complexity index is 480. The zero-order valence-corrected chi connectivity index (χ0v) is 12.1. The van der Waals surface area contributed by atoms with Crippen LogP contribution < -0.4 is 11.1 Å². The van der Waals surface area contributed by atoms with Crippen LogP contribution in [-0.2, 0) is 4.74 Å². The van der Waals surface area contributed by atoms with Crippen molar-refractivity contribution in [2.24, 2.45) is 5.73 Å². The lowest BCUT2D eigenvalue weighted by Crippen LogP contribution is -2.41. The molecule has 1 saturated heterocycles. The SMILES string of the molecule is CC1OCCC1(C)Nc1ccc(Cl)cc1C(N)=S. The minimum absolute atomic E-state index is 0.104. The summed E-state index contributed by atoms with van der Waals surface area (Å²) in [7, 11) is 0. The van der Waals surface area contributed by atoms with E-state index in [0.29, 0.717) is 10.0 Å². The van der Waals surface area contributed by atoms with Gasteiger partial charge in [0.2, 0.25) is 0 Å². The lowest BCUT2D eigenvalue weighted by Gasteiger charge is -2.31. The van der Waals surface area contributed by atoms with Crippen LogP contribution in [0.1, 0.15) is 25.8 Å². The average molecular weight is 285 g/mol. The van der Waals surface area contributed by atoms with Gasteiger partial charge in [0.25, 0.3) is 0 Å². The fourth-order valence-corrected chi connectivity index (χ4v) is 2.48. The molecule has 1 aliphatic rings. The van der Waals surface area contributed by atoms with E-state index in [4.69, 9.17) is 34.3 Å². The van der Waals surface area contributed by atoms with Gasteiger partial charge in [-0.15, -0.1) is 0 Å². The third kappa shape index (κ3) is 2.60. The van der Waals surface area contributed by atoms with Gasteiger partial charge in [0.15, 0.2) is 0 Å². The van der Waals surface area contributed by atoms with Crippen molar-refractivity contribution in [1.82, 2.24) is 0 Å². The minimum Gasteiger partial charge on any atom is -0.389 e. The molecule has 1 heterocycles. The lowest BCUT2D eigenvalue weighted by atomic mass is 9.93. The van der Waals surface area contributed by atoms with Crippen LogP contribution in [0.25, 0.3) is 0 Å². The fourth-order valence-electron chi connectivity index (χ4n) is 2.14. The topological polar surface area (TPSA) is 47.3 Å². The van der Waals surface area contributed by atoms with Crippen LogP contribution in [0.15, 0.2) is 18.2 Å². The third-order valence-corrected chi connectivity index (χ3v) is 4.01. The van der Waals surface area contributed by atoms with E-state index in [0.717, 1.165) is 24.3 Å². The van der Waals surface area contributed by atoms with Crippen molar-refractivity contribution < 1.29 is 4.74 Å². The van der Waals surface area contributed by atoms with E-state index in [1.165, 1.54) is 0 Å². The van der Waals surface area contributed by atoms with E-state index in [9.17, 15) is 0 Å². The molecule has 1 fully saturated rings. The number of ether oxygens (including phenoxy) is 1. The van der Waals surface area contributed by atoms with Crippen LogP contribution in [0.2, 0.25) is 5.02 Å². The molecule has 0 aliphatic carbocycles. The second kappa shape index (κ2) is 5.03. The summed E-state index contributed by atoms with van der Waals surface area (Å²) in [4.78, 5) is 0.343. The first-order valence-electron chi connectivity index (χ1n) is 5.91. The molecule has 2 rings (SSSR count). The first-order valence-corrected chi connectivity index (χ1v) is 6.70. The number of anilines is 1. The standard InChI is InChI=1S/C13H17ClN2OS/c1-8-13(2,5-6-17-8)16-11-4-3-9(14)7-10(11)12(15)18/h3-4,7-8,16H,5-6H2,1-2H3,(H2,15,18). The Labute approximate surface area is 118 Å². The predicted molar refractivity (Wildman–Crippen MR) is 79.4 cm³/mol. The first kappa shape index (κ1) is 13.6. The molecule has 3 N–H and O–H groups in total. The smallest absolute Gasteiger partial charge is 0.106 e. The highest BCUT2D eigenvalue weighted by Gasteiger charge is 2.37. The highest BCUT2D eigenvalue weighted by molar-refractivity contribution is 7.80. The van der Waals surface area contributed by atoms with Crippen molar-refractivity contribution in [1.29, 1.82) is 0 Å². The molecule has 0 saturated carbocycles. The maximum atomic E-state index is 5.97. The molecule has 3 nitrogen and oxygen atoms in total. The van der Waals surface area contributed by atoms with Crippen molar-refractivity contribution in [2.75, 3.05) is 11.9 Å². The van der Waals surface area contributed by atoms with Gasteiger partial charge in [-0.3, -0.25) is 0 Å². The molecule has 18 heavy (non-hydrogen) atoms. The molecule has 1 aliphatic heterocycles. The third-order valence-electron chi connectivity index (χ3n) is 3.55. The Kier molecular flexibility index (Phi) is 3.80. The highest BCUT2D eigenvalue weighted by Crippen LogP contribution is 2.31. The van der Waals surface area contributed by atoms with Crippen molar-refractivity contribution in [3.8, 4) is 0 Å². The summed E-state index contributed by atoms with van der Waals surface area (Å²) in [5.41, 5.74) is 7.32. The van der Waals surface area contributed by atoms with Gasteiger partial charge in [-0.05, 0) is 38.5 Å². The minimum atomic E-state index is -0.104. The van der Waals surface area contributed by atoms with Crippen LogP contribution in [-0.4, -0.2) is 23.2 Å². The Morgan fingerprint density at radius 2 is 2.33 bits per heavy atom. The molecule has 0 aromatic heterocycles. The van der Waals surface area contributed by atoms with Gasteiger partial charge in [0.05, 0.1) is 11.6 Å². The molecule has 0 bridgehead atoms. The molecule has 0 radical (unpaired) electrons. The normalized spacial score (nSPS) is 27.2. The van der Waals surface area contributed by atoms with Gasteiger partial charge in [0.1, 0.15) is 4.99 Å². The molecule has 2 unspecified atom stereocenters. The van der Waals surface area contributed by atoms with E-state index in [-0.39, 0.29) is 11.6 Å². The maximum absolute atomic E-state index is 5.97. The molecule has 0 spiro atoms. The second-order valence-electron chi connectivity index (χ2n) is 4.86. The summed E-state index contributed by atoms with van der Waals surface area (Å²) in [6.07, 6.45) is 1.10. The molecule has 2 atom stereocenters. The largest absolute Gasteiger partial charge is 0.389 e. The van der Waals surface area contributed by atoms with E-state index >= 15 is 0 Å². The second-order valence-corrected chi connectivity index (χ2v) is 5.74. The van der Waals surface area contributed by atoms with Gasteiger partial charge >= 0.3 is 0 Å². The molecule has 0 amide bonds. The molecular weight excluding hydrogens is 268 g/mol. The van der Waals surface area contributed by atoms with Crippen molar-refractivity contribution in [3.63, 3.8) is 0 Å². The number of thiocarbonyl (C=S) groups is 1. The zero-order chi connectivity index (χ0) is 13.3. The zero-order valence-electron chi connectivity index (χ0n) is 10.5. The van der Waals surface area contributed by atoms with Crippen molar-refractivity contribution in [3.05, 3.63) is 28.8 Å². The molecule has 98 valence electrons. The fraction of sp³-hybridized carbons (Fsp3) is 0.462. The molecular formula is C13H17ClN2OS. The summed E-state index contributed by atoms with van der Waals surface area (Å²) in [5.74, 6) is 0. The monoisotopic (exact) mass is 284 g/mol. The predicted octanol–water partition coefficient (Wildman–Crippen LogP) is 2.95. The number of nitrogens with one attached hydrogen (secondary N) is 1. The average Bonchev–Trinajstić information content (AvgIpc) is 2.61. The summed E-state index contributed by atoms with van der Waals surface area (Å²) < 4.78 is 5.61. The molecule has 5 heteroatoms. The van der Waals surface area contributed by atoms with Gasteiger partial charge in [-0.2, -0.15) is 0 Å². The van der Waals surface area contributed by atoms with Crippen LogP contribution in [0.5, 0.6) is 0 Å². The number of nitrogens with two attached hydrogens (primary N) is 1. The summed E-state index contributed by atoms with van der Waals surface area (Å²) in [5, 5.41) is 4.12. The van der Waals surface area contributed by atoms with Crippen molar-refractivity contribution >= 4 is 34.5 Å². The van der Waals surface area contributed by atoms with Gasteiger partial charge < -0.3 is 15.8 Å². The van der Waals surface area contributed by atoms with Gasteiger partial charge in [0, 0.05) is 22.9 Å². The Morgan fingerprint density at radius 3 is 2.89 bits per heavy atom. The summed E-state index contributed by atoms with van der Waals surface area (Å²) in [6, 6.07) is 5.53. The molecule has 1 aromatic carbocycles. The Balaban J connectivity index is 2.31. The number of rotatable bonds is 3. The van der Waals surface area contributed by atoms with Crippen LogP contribution in [0, 0.1) is 0 Å². The Hall–Kier alpha value is -0.840. The van der Waals surface area contributed by atoms with Crippen LogP contribution in [0.3, 0.4) is 0 Å². The first-order chi connectivity index (χ1) is 8.42. The maximum Gasteiger partial charge on any atom is 0.106 e. The van der Waals surface area contributed by atoms with Gasteiger partial charge in [-0.25, -0.2) is 0 Å². The quantitative estimate of drug-likeness (QED) is 0.838. The van der Waals surface area contributed by atoms with E-state index < -0.39 is 0 Å². The number of hydrogen-bond donors (Lipinski definition) is 2. The van der Waals surface area contributed by atoms with Crippen LogP contribution >= 0.6 is 23.8 Å². The van der Waals surface area contributed by atoms with Crippen molar-refractivity contribution in [2.45, 2.75) is 31.9 Å². The number of hydrogen-bond acceptors (Lipinski definition) is 3. The lowest BCUT2D eigenvalue weighted by molar-refractivity contribution is 0.105.